The largest absolute Gasteiger partial charge is 0.342 e. The second-order valence-corrected chi connectivity index (χ2v) is 5.52. The zero-order chi connectivity index (χ0) is 14.1. The first kappa shape index (κ1) is 13.4. The van der Waals surface area contributed by atoms with Crippen molar-refractivity contribution in [3.8, 4) is 0 Å². The van der Waals surface area contributed by atoms with E-state index in [-0.39, 0.29) is 11.8 Å². The third-order valence-electron chi connectivity index (χ3n) is 3.93. The van der Waals surface area contributed by atoms with Crippen molar-refractivity contribution in [2.45, 2.75) is 32.1 Å². The van der Waals surface area contributed by atoms with Gasteiger partial charge in [-0.3, -0.25) is 9.89 Å². The summed E-state index contributed by atoms with van der Waals surface area (Å²) in [6.45, 7) is 3.50. The Bertz CT molecular complexity index is 639. The average Bonchev–Trinajstić information content (AvgIpc) is 2.92. The summed E-state index contributed by atoms with van der Waals surface area (Å²) in [4.78, 5) is 17.9. The number of aromatic amines is 1. The van der Waals surface area contributed by atoms with Crippen LogP contribution in [0.2, 0.25) is 5.15 Å². The van der Waals surface area contributed by atoms with Crippen molar-refractivity contribution in [1.82, 2.24) is 20.1 Å². The first-order valence-electron chi connectivity index (χ1n) is 6.97. The Hall–Kier alpha value is -1.62. The summed E-state index contributed by atoms with van der Waals surface area (Å²) in [6, 6.07) is 1.93. The van der Waals surface area contributed by atoms with Gasteiger partial charge < -0.3 is 4.90 Å². The normalized spacial score (nSPS) is 19.5. The molecule has 2 aromatic rings. The fourth-order valence-electron chi connectivity index (χ4n) is 2.89. The predicted molar refractivity (Wildman–Crippen MR) is 77.7 cm³/mol. The Labute approximate surface area is 122 Å². The fraction of sp³-hybridized carbons (Fsp3) is 0.500. The standard InChI is InChI=1S/C14H17ClN4O/c1-2-11(20)19-7-3-4-9(8-19)12-10-5-6-16-14(15)13(10)18-17-12/h5-6,9H,2-4,7-8H2,1H3,(H,17,18). The molecule has 0 bridgehead atoms. The minimum atomic E-state index is 0.217. The number of nitrogens with zero attached hydrogens (tertiary/aromatic N) is 3. The zero-order valence-corrected chi connectivity index (χ0v) is 12.2. The molecule has 0 aromatic carbocycles. The summed E-state index contributed by atoms with van der Waals surface area (Å²) in [5.41, 5.74) is 1.78. The highest BCUT2D eigenvalue weighted by atomic mass is 35.5. The molecule has 1 saturated heterocycles. The molecule has 1 aliphatic rings. The summed E-state index contributed by atoms with van der Waals surface area (Å²) >= 11 is 6.06. The second-order valence-electron chi connectivity index (χ2n) is 5.17. The number of carbonyl (C=O) groups excluding carboxylic acids is 1. The number of nitrogens with one attached hydrogen (secondary N) is 1. The Morgan fingerprint density at radius 2 is 2.45 bits per heavy atom. The highest BCUT2D eigenvalue weighted by Crippen LogP contribution is 2.32. The highest BCUT2D eigenvalue weighted by Gasteiger charge is 2.27. The second kappa shape index (κ2) is 5.40. The summed E-state index contributed by atoms with van der Waals surface area (Å²) in [7, 11) is 0. The van der Waals surface area contributed by atoms with Crippen molar-refractivity contribution in [1.29, 1.82) is 0 Å². The van der Waals surface area contributed by atoms with E-state index in [2.05, 4.69) is 15.2 Å². The Morgan fingerprint density at radius 1 is 1.60 bits per heavy atom. The van der Waals surface area contributed by atoms with Crippen LogP contribution in [0.25, 0.3) is 10.9 Å². The minimum Gasteiger partial charge on any atom is -0.342 e. The van der Waals surface area contributed by atoms with Crippen LogP contribution in [0.15, 0.2) is 12.3 Å². The van der Waals surface area contributed by atoms with E-state index in [1.165, 1.54) is 0 Å². The van der Waals surface area contributed by atoms with E-state index in [9.17, 15) is 4.79 Å². The van der Waals surface area contributed by atoms with Crippen LogP contribution < -0.4 is 0 Å². The van der Waals surface area contributed by atoms with Crippen LogP contribution in [0.5, 0.6) is 0 Å². The van der Waals surface area contributed by atoms with Gasteiger partial charge in [-0.15, -0.1) is 0 Å². The maximum Gasteiger partial charge on any atom is 0.222 e. The van der Waals surface area contributed by atoms with Crippen molar-refractivity contribution >= 4 is 28.4 Å². The topological polar surface area (TPSA) is 61.9 Å². The van der Waals surface area contributed by atoms with E-state index in [4.69, 9.17) is 11.6 Å². The summed E-state index contributed by atoms with van der Waals surface area (Å²) in [5, 5.41) is 8.83. The number of halogens is 1. The SMILES string of the molecule is CCC(=O)N1CCCC(c2n[nH]c3c(Cl)nccc23)C1. The van der Waals surface area contributed by atoms with E-state index in [0.29, 0.717) is 11.6 Å². The smallest absolute Gasteiger partial charge is 0.222 e. The van der Waals surface area contributed by atoms with Crippen LogP contribution in [0, 0.1) is 0 Å². The van der Waals surface area contributed by atoms with Crippen LogP contribution in [-0.2, 0) is 4.79 Å². The number of fused-ring (bicyclic) bond motifs is 1. The van der Waals surface area contributed by atoms with E-state index in [1.54, 1.807) is 6.20 Å². The number of aromatic nitrogens is 3. The molecule has 0 spiro atoms. The Morgan fingerprint density at radius 3 is 3.25 bits per heavy atom. The average molecular weight is 293 g/mol. The van der Waals surface area contributed by atoms with Gasteiger partial charge in [-0.1, -0.05) is 18.5 Å². The molecule has 3 heterocycles. The lowest BCUT2D eigenvalue weighted by molar-refractivity contribution is -0.132. The molecule has 2 aromatic heterocycles. The van der Waals surface area contributed by atoms with Crippen LogP contribution in [-0.4, -0.2) is 39.1 Å². The first-order valence-corrected chi connectivity index (χ1v) is 7.34. The molecule has 1 N–H and O–H groups in total. The van der Waals surface area contributed by atoms with Gasteiger partial charge in [0.25, 0.3) is 0 Å². The molecule has 1 unspecified atom stereocenters. The van der Waals surface area contributed by atoms with Gasteiger partial charge in [0.1, 0.15) is 5.52 Å². The monoisotopic (exact) mass is 292 g/mol. The summed E-state index contributed by atoms with van der Waals surface area (Å²) in [6.07, 6.45) is 4.32. The van der Waals surface area contributed by atoms with Gasteiger partial charge in [0, 0.05) is 37.0 Å². The lowest BCUT2D eigenvalue weighted by atomic mass is 9.93. The molecule has 0 saturated carbocycles. The predicted octanol–water partition coefficient (Wildman–Crippen LogP) is 2.73. The Kier molecular flexibility index (Phi) is 3.61. The molecular weight excluding hydrogens is 276 g/mol. The van der Waals surface area contributed by atoms with Crippen LogP contribution in [0.4, 0.5) is 0 Å². The maximum atomic E-state index is 11.9. The lowest BCUT2D eigenvalue weighted by Gasteiger charge is -2.32. The summed E-state index contributed by atoms with van der Waals surface area (Å²) in [5.74, 6) is 0.487. The number of H-pyrrole nitrogens is 1. The molecule has 1 fully saturated rings. The van der Waals surface area contributed by atoms with E-state index >= 15 is 0 Å². The van der Waals surface area contributed by atoms with Crippen molar-refractivity contribution in [3.05, 3.63) is 23.1 Å². The molecule has 0 radical (unpaired) electrons. The van der Waals surface area contributed by atoms with E-state index < -0.39 is 0 Å². The van der Waals surface area contributed by atoms with Crippen molar-refractivity contribution in [3.63, 3.8) is 0 Å². The van der Waals surface area contributed by atoms with Gasteiger partial charge in [0.2, 0.25) is 5.91 Å². The molecular formula is C14H17ClN4O. The number of hydrogen-bond donors (Lipinski definition) is 1. The molecule has 1 amide bonds. The van der Waals surface area contributed by atoms with Crippen LogP contribution >= 0.6 is 11.6 Å². The third-order valence-corrected chi connectivity index (χ3v) is 4.22. The minimum absolute atomic E-state index is 0.217. The number of piperidine rings is 1. The molecule has 20 heavy (non-hydrogen) atoms. The van der Waals surface area contributed by atoms with Gasteiger partial charge in [0.15, 0.2) is 5.15 Å². The van der Waals surface area contributed by atoms with Gasteiger partial charge >= 0.3 is 0 Å². The molecule has 1 aliphatic heterocycles. The number of likely N-dealkylation sites (tertiary alicyclic amines) is 1. The van der Waals surface area contributed by atoms with Crippen LogP contribution in [0.3, 0.4) is 0 Å². The third kappa shape index (κ3) is 2.26. The highest BCUT2D eigenvalue weighted by molar-refractivity contribution is 6.33. The first-order chi connectivity index (χ1) is 9.70. The summed E-state index contributed by atoms with van der Waals surface area (Å²) < 4.78 is 0. The molecule has 6 heteroatoms. The lowest BCUT2D eigenvalue weighted by Crippen LogP contribution is -2.38. The van der Waals surface area contributed by atoms with Crippen molar-refractivity contribution in [2.75, 3.05) is 13.1 Å². The van der Waals surface area contributed by atoms with E-state index in [0.717, 1.165) is 42.5 Å². The van der Waals surface area contributed by atoms with Crippen LogP contribution in [0.1, 0.15) is 37.8 Å². The quantitative estimate of drug-likeness (QED) is 0.866. The molecule has 1 atom stereocenters. The number of amides is 1. The van der Waals surface area contributed by atoms with Gasteiger partial charge in [-0.2, -0.15) is 5.10 Å². The van der Waals surface area contributed by atoms with Gasteiger partial charge in [0.05, 0.1) is 5.69 Å². The van der Waals surface area contributed by atoms with Crippen molar-refractivity contribution in [2.24, 2.45) is 0 Å². The van der Waals surface area contributed by atoms with Crippen molar-refractivity contribution < 1.29 is 4.79 Å². The fourth-order valence-corrected chi connectivity index (χ4v) is 3.09. The van der Waals surface area contributed by atoms with E-state index in [1.807, 2.05) is 17.9 Å². The number of pyridine rings is 1. The number of hydrogen-bond acceptors (Lipinski definition) is 3. The van der Waals surface area contributed by atoms with Gasteiger partial charge in [-0.05, 0) is 18.9 Å². The Balaban J connectivity index is 1.91. The number of carbonyl (C=O) groups is 1. The molecule has 0 aliphatic carbocycles. The number of rotatable bonds is 2. The molecule has 5 nitrogen and oxygen atoms in total. The molecule has 3 rings (SSSR count). The zero-order valence-electron chi connectivity index (χ0n) is 11.4. The van der Waals surface area contributed by atoms with Gasteiger partial charge in [-0.25, -0.2) is 4.98 Å². The molecule has 106 valence electrons. The maximum absolute atomic E-state index is 11.9.